The van der Waals surface area contributed by atoms with Crippen LogP contribution in [0.15, 0.2) is 40.9 Å². The Morgan fingerprint density at radius 1 is 1.08 bits per heavy atom. The van der Waals surface area contributed by atoms with Crippen LogP contribution in [0.4, 0.5) is 0 Å². The highest BCUT2D eigenvalue weighted by Gasteiger charge is 2.09. The predicted octanol–water partition coefficient (Wildman–Crippen LogP) is 2.87. The summed E-state index contributed by atoms with van der Waals surface area (Å²) in [6.07, 6.45) is 0. The second-order valence-corrected chi connectivity index (χ2v) is 6.48. The summed E-state index contributed by atoms with van der Waals surface area (Å²) < 4.78 is 6.41. The van der Waals surface area contributed by atoms with Gasteiger partial charge in [0.25, 0.3) is 5.91 Å². The van der Waals surface area contributed by atoms with Gasteiger partial charge in [-0.15, -0.1) is 0 Å². The van der Waals surface area contributed by atoms with Crippen molar-refractivity contribution in [1.82, 2.24) is 10.6 Å². The quantitative estimate of drug-likeness (QED) is 0.711. The first kappa shape index (κ1) is 18.3. The van der Waals surface area contributed by atoms with Crippen LogP contribution in [0.1, 0.15) is 13.8 Å². The molecular formula is C18H21BrN2O3. The van der Waals surface area contributed by atoms with Gasteiger partial charge in [-0.1, -0.05) is 44.2 Å². The number of carbonyl (C=O) groups excluding carboxylic acids is 2. The largest absolute Gasteiger partial charge is 0.483 e. The second kappa shape index (κ2) is 8.68. The van der Waals surface area contributed by atoms with E-state index in [1.54, 1.807) is 0 Å². The Labute approximate surface area is 149 Å². The molecule has 0 heterocycles. The van der Waals surface area contributed by atoms with E-state index < -0.39 is 0 Å². The maximum absolute atomic E-state index is 11.8. The molecular weight excluding hydrogens is 372 g/mol. The van der Waals surface area contributed by atoms with Crippen molar-refractivity contribution in [2.24, 2.45) is 5.92 Å². The molecule has 0 aliphatic rings. The number of benzene rings is 2. The van der Waals surface area contributed by atoms with E-state index in [9.17, 15) is 9.59 Å². The van der Waals surface area contributed by atoms with E-state index in [-0.39, 0.29) is 24.3 Å². The Morgan fingerprint density at radius 3 is 2.54 bits per heavy atom. The average molecular weight is 393 g/mol. The third-order valence-corrected chi connectivity index (χ3v) is 4.28. The van der Waals surface area contributed by atoms with Crippen molar-refractivity contribution in [3.05, 3.63) is 40.9 Å². The summed E-state index contributed by atoms with van der Waals surface area (Å²) in [6.45, 7) is 4.35. The third kappa shape index (κ3) is 4.96. The number of nitrogens with one attached hydrogen (secondary N) is 2. The fourth-order valence-corrected chi connectivity index (χ4v) is 2.72. The van der Waals surface area contributed by atoms with Gasteiger partial charge in [0.05, 0.1) is 4.47 Å². The number of ether oxygens (including phenoxy) is 1. The molecule has 2 amide bonds. The van der Waals surface area contributed by atoms with Crippen LogP contribution >= 0.6 is 15.9 Å². The minimum atomic E-state index is -0.228. The van der Waals surface area contributed by atoms with Gasteiger partial charge in [-0.25, -0.2) is 0 Å². The zero-order valence-corrected chi connectivity index (χ0v) is 15.4. The van der Waals surface area contributed by atoms with Gasteiger partial charge >= 0.3 is 0 Å². The first-order chi connectivity index (χ1) is 11.5. The lowest BCUT2D eigenvalue weighted by Crippen LogP contribution is -2.38. The van der Waals surface area contributed by atoms with Gasteiger partial charge in [-0.05, 0) is 32.8 Å². The molecule has 0 fully saturated rings. The Balaban J connectivity index is 1.80. The van der Waals surface area contributed by atoms with Gasteiger partial charge < -0.3 is 15.4 Å². The van der Waals surface area contributed by atoms with Gasteiger partial charge in [-0.3, -0.25) is 9.59 Å². The van der Waals surface area contributed by atoms with Gasteiger partial charge in [0.2, 0.25) is 5.91 Å². The van der Waals surface area contributed by atoms with Crippen LogP contribution in [-0.4, -0.2) is 31.5 Å². The van der Waals surface area contributed by atoms with Crippen LogP contribution in [0.3, 0.4) is 0 Å². The summed E-state index contributed by atoms with van der Waals surface area (Å²) in [5.74, 6) is 0.306. The monoisotopic (exact) mass is 392 g/mol. The molecule has 0 spiro atoms. The molecule has 0 aliphatic carbocycles. The number of halogens is 1. The third-order valence-electron chi connectivity index (χ3n) is 3.46. The van der Waals surface area contributed by atoms with Crippen molar-refractivity contribution in [2.45, 2.75) is 13.8 Å². The molecule has 5 nitrogen and oxygen atoms in total. The molecule has 0 bridgehead atoms. The zero-order chi connectivity index (χ0) is 17.5. The van der Waals surface area contributed by atoms with Crippen molar-refractivity contribution in [3.8, 4) is 5.75 Å². The van der Waals surface area contributed by atoms with E-state index in [2.05, 4.69) is 26.6 Å². The molecule has 0 aliphatic heterocycles. The number of rotatable bonds is 7. The molecule has 6 heteroatoms. The molecule has 128 valence electrons. The lowest BCUT2D eigenvalue weighted by atomic mass is 10.1. The lowest BCUT2D eigenvalue weighted by molar-refractivity contribution is -0.125. The van der Waals surface area contributed by atoms with E-state index in [4.69, 9.17) is 4.74 Å². The van der Waals surface area contributed by atoms with Gasteiger partial charge in [0, 0.05) is 19.0 Å². The van der Waals surface area contributed by atoms with Crippen LogP contribution in [-0.2, 0) is 9.59 Å². The molecule has 0 saturated carbocycles. The number of hydrogen-bond donors (Lipinski definition) is 2. The number of amides is 2. The summed E-state index contributed by atoms with van der Waals surface area (Å²) in [7, 11) is 0. The minimum absolute atomic E-state index is 0.0272. The SMILES string of the molecule is CC(C)C(=O)NCCNC(=O)COc1ccc2ccccc2c1Br. The highest BCUT2D eigenvalue weighted by Crippen LogP contribution is 2.32. The van der Waals surface area contributed by atoms with Gasteiger partial charge in [0.1, 0.15) is 5.75 Å². The average Bonchev–Trinajstić information content (AvgIpc) is 2.58. The van der Waals surface area contributed by atoms with Gasteiger partial charge in [-0.2, -0.15) is 0 Å². The van der Waals surface area contributed by atoms with Crippen LogP contribution < -0.4 is 15.4 Å². The molecule has 0 aromatic heterocycles. The summed E-state index contributed by atoms with van der Waals surface area (Å²) in [5, 5.41) is 7.58. The van der Waals surface area contributed by atoms with E-state index in [1.165, 1.54) is 0 Å². The van der Waals surface area contributed by atoms with Gasteiger partial charge in [0.15, 0.2) is 6.61 Å². The van der Waals surface area contributed by atoms with Crippen LogP contribution in [0, 0.1) is 5.92 Å². The molecule has 0 saturated heterocycles. The molecule has 0 atom stereocenters. The van der Waals surface area contributed by atoms with Crippen molar-refractivity contribution in [2.75, 3.05) is 19.7 Å². The highest BCUT2D eigenvalue weighted by molar-refractivity contribution is 9.10. The molecule has 2 N–H and O–H groups in total. The first-order valence-electron chi connectivity index (χ1n) is 7.83. The number of carbonyl (C=O) groups is 2. The number of hydrogen-bond acceptors (Lipinski definition) is 3. The van der Waals surface area contributed by atoms with Crippen LogP contribution in [0.25, 0.3) is 10.8 Å². The van der Waals surface area contributed by atoms with Crippen molar-refractivity contribution in [3.63, 3.8) is 0 Å². The van der Waals surface area contributed by atoms with E-state index >= 15 is 0 Å². The summed E-state index contributed by atoms with van der Waals surface area (Å²) >= 11 is 3.52. The Bertz CT molecular complexity index is 731. The normalized spacial score (nSPS) is 10.7. The predicted molar refractivity (Wildman–Crippen MR) is 98.0 cm³/mol. The Hall–Kier alpha value is -2.08. The maximum Gasteiger partial charge on any atom is 0.258 e. The van der Waals surface area contributed by atoms with E-state index in [0.717, 1.165) is 15.2 Å². The molecule has 0 radical (unpaired) electrons. The zero-order valence-electron chi connectivity index (χ0n) is 13.8. The fraction of sp³-hybridized carbons (Fsp3) is 0.333. The summed E-state index contributed by atoms with van der Waals surface area (Å²) in [4.78, 5) is 23.2. The molecule has 2 aromatic rings. The molecule has 24 heavy (non-hydrogen) atoms. The van der Waals surface area contributed by atoms with Crippen molar-refractivity contribution < 1.29 is 14.3 Å². The van der Waals surface area contributed by atoms with E-state index in [1.807, 2.05) is 50.2 Å². The Kier molecular flexibility index (Phi) is 6.61. The topological polar surface area (TPSA) is 67.4 Å². The highest BCUT2D eigenvalue weighted by atomic mass is 79.9. The molecule has 2 rings (SSSR count). The standard InChI is InChI=1S/C18H21BrN2O3/c1-12(2)18(23)21-10-9-20-16(22)11-24-15-8-7-13-5-3-4-6-14(13)17(15)19/h3-8,12H,9-11H2,1-2H3,(H,20,22)(H,21,23). The second-order valence-electron chi connectivity index (χ2n) is 5.68. The molecule has 2 aromatic carbocycles. The fourth-order valence-electron chi connectivity index (χ4n) is 2.11. The first-order valence-corrected chi connectivity index (χ1v) is 8.63. The number of fused-ring (bicyclic) bond motifs is 1. The Morgan fingerprint density at radius 2 is 1.79 bits per heavy atom. The van der Waals surface area contributed by atoms with Crippen molar-refractivity contribution >= 4 is 38.5 Å². The maximum atomic E-state index is 11.8. The minimum Gasteiger partial charge on any atom is -0.483 e. The van der Waals surface area contributed by atoms with Crippen molar-refractivity contribution in [1.29, 1.82) is 0 Å². The van der Waals surface area contributed by atoms with Crippen LogP contribution in [0.5, 0.6) is 5.75 Å². The summed E-state index contributed by atoms with van der Waals surface area (Å²) in [6, 6.07) is 11.7. The molecule has 0 unspecified atom stereocenters. The lowest BCUT2D eigenvalue weighted by Gasteiger charge is -2.11. The summed E-state index contributed by atoms with van der Waals surface area (Å²) in [5.41, 5.74) is 0. The van der Waals surface area contributed by atoms with E-state index in [0.29, 0.717) is 18.8 Å². The van der Waals surface area contributed by atoms with Crippen LogP contribution in [0.2, 0.25) is 0 Å². The smallest absolute Gasteiger partial charge is 0.258 e.